The summed E-state index contributed by atoms with van der Waals surface area (Å²) in [6.45, 7) is 3.05. The summed E-state index contributed by atoms with van der Waals surface area (Å²) >= 11 is 0. The lowest BCUT2D eigenvalue weighted by Gasteiger charge is -2.17. The highest BCUT2D eigenvalue weighted by molar-refractivity contribution is 5.79. The Morgan fingerprint density at radius 2 is 2.08 bits per heavy atom. The lowest BCUT2D eigenvalue weighted by molar-refractivity contribution is -0.129. The maximum atomic E-state index is 12.6. The van der Waals surface area contributed by atoms with Crippen LogP contribution in [0.25, 0.3) is 0 Å². The Kier molecular flexibility index (Phi) is 4.28. The molecule has 3 heterocycles. The van der Waals surface area contributed by atoms with Crippen molar-refractivity contribution >= 4 is 5.91 Å². The second kappa shape index (κ2) is 6.74. The predicted octanol–water partition coefficient (Wildman–Crippen LogP) is 1.90. The Morgan fingerprint density at radius 3 is 2.92 bits per heavy atom. The number of ether oxygens (including phenoxy) is 3. The molecule has 0 aliphatic carbocycles. The maximum absolute atomic E-state index is 12.6. The summed E-state index contributed by atoms with van der Waals surface area (Å²) in [6, 6.07) is 8.55. The zero-order valence-corrected chi connectivity index (χ0v) is 14.4. The van der Waals surface area contributed by atoms with Gasteiger partial charge in [-0.1, -0.05) is 6.07 Å². The van der Waals surface area contributed by atoms with Gasteiger partial charge in [-0.15, -0.1) is 0 Å². The lowest BCUT2D eigenvalue weighted by Crippen LogP contribution is -2.32. The van der Waals surface area contributed by atoms with Crippen molar-refractivity contribution in [3.05, 3.63) is 52.1 Å². The molecule has 0 spiro atoms. The van der Waals surface area contributed by atoms with E-state index in [1.807, 2.05) is 18.2 Å². The summed E-state index contributed by atoms with van der Waals surface area (Å²) in [6.07, 6.45) is 0.903. The number of carbonyl (C=O) groups is 1. The molecular weight excluding hydrogens is 338 g/mol. The zero-order valence-electron chi connectivity index (χ0n) is 14.4. The number of carbonyl (C=O) groups excluding carboxylic acids is 1. The van der Waals surface area contributed by atoms with E-state index in [1.54, 1.807) is 17.9 Å². The average molecular weight is 357 g/mol. The quantitative estimate of drug-likeness (QED) is 0.832. The normalized spacial score (nSPS) is 18.2. The average Bonchev–Trinajstić information content (AvgIpc) is 3.22. The molecule has 1 saturated heterocycles. The molecule has 1 fully saturated rings. The molecule has 0 saturated carbocycles. The van der Waals surface area contributed by atoms with Crippen molar-refractivity contribution in [3.63, 3.8) is 0 Å². The molecule has 2 aliphatic heterocycles. The summed E-state index contributed by atoms with van der Waals surface area (Å²) in [4.78, 5) is 25.8. The van der Waals surface area contributed by atoms with Gasteiger partial charge in [0.1, 0.15) is 17.6 Å². The maximum Gasteiger partial charge on any atom is 0.339 e. The van der Waals surface area contributed by atoms with E-state index in [4.69, 9.17) is 18.6 Å². The van der Waals surface area contributed by atoms with Crippen LogP contribution in [0.1, 0.15) is 17.7 Å². The number of likely N-dealkylation sites (tertiary alicyclic amines) is 1. The molecule has 1 aromatic heterocycles. The number of aryl methyl sites for hydroxylation is 1. The van der Waals surface area contributed by atoms with Crippen LogP contribution in [0, 0.1) is 6.92 Å². The highest BCUT2D eigenvalue weighted by Crippen LogP contribution is 2.32. The van der Waals surface area contributed by atoms with Crippen molar-refractivity contribution in [2.24, 2.45) is 0 Å². The van der Waals surface area contributed by atoms with Crippen LogP contribution in [-0.2, 0) is 11.2 Å². The van der Waals surface area contributed by atoms with E-state index in [2.05, 4.69) is 0 Å². The summed E-state index contributed by atoms with van der Waals surface area (Å²) in [7, 11) is 0. The third-order valence-corrected chi connectivity index (χ3v) is 4.46. The summed E-state index contributed by atoms with van der Waals surface area (Å²) in [5.41, 5.74) is 0.452. The van der Waals surface area contributed by atoms with Crippen LogP contribution in [0.4, 0.5) is 0 Å². The third-order valence-electron chi connectivity index (χ3n) is 4.46. The van der Waals surface area contributed by atoms with E-state index >= 15 is 0 Å². The first-order valence-electron chi connectivity index (χ1n) is 8.51. The minimum atomic E-state index is -0.436. The van der Waals surface area contributed by atoms with Gasteiger partial charge in [0.15, 0.2) is 11.5 Å². The molecular formula is C19H19NO6. The number of hydrogen-bond acceptors (Lipinski definition) is 6. The van der Waals surface area contributed by atoms with Gasteiger partial charge in [0.05, 0.1) is 19.0 Å². The Hall–Kier alpha value is -2.96. The van der Waals surface area contributed by atoms with Gasteiger partial charge in [-0.3, -0.25) is 4.79 Å². The van der Waals surface area contributed by atoms with Crippen LogP contribution in [-0.4, -0.2) is 36.8 Å². The minimum absolute atomic E-state index is 0.0405. The molecule has 7 nitrogen and oxygen atoms in total. The fourth-order valence-corrected chi connectivity index (χ4v) is 3.22. The number of benzene rings is 1. The minimum Gasteiger partial charge on any atom is -0.488 e. The van der Waals surface area contributed by atoms with Crippen LogP contribution >= 0.6 is 0 Å². The monoisotopic (exact) mass is 357 g/mol. The Balaban J connectivity index is 1.36. The summed E-state index contributed by atoms with van der Waals surface area (Å²) in [5.74, 6) is 2.41. The van der Waals surface area contributed by atoms with Crippen molar-refractivity contribution in [2.45, 2.75) is 25.9 Å². The third kappa shape index (κ3) is 3.51. The van der Waals surface area contributed by atoms with Gasteiger partial charge >= 0.3 is 5.63 Å². The number of rotatable bonds is 4. The first-order valence-corrected chi connectivity index (χ1v) is 8.51. The highest BCUT2D eigenvalue weighted by atomic mass is 16.7. The topological polar surface area (TPSA) is 78.2 Å². The van der Waals surface area contributed by atoms with Crippen LogP contribution in [0.15, 0.2) is 39.5 Å². The van der Waals surface area contributed by atoms with Gasteiger partial charge in [0.2, 0.25) is 12.7 Å². The van der Waals surface area contributed by atoms with Crippen LogP contribution in [0.2, 0.25) is 0 Å². The van der Waals surface area contributed by atoms with Gasteiger partial charge in [-0.05, 0) is 24.6 Å². The predicted molar refractivity (Wildman–Crippen MR) is 91.6 cm³/mol. The molecule has 4 rings (SSSR count). The van der Waals surface area contributed by atoms with Crippen LogP contribution in [0.3, 0.4) is 0 Å². The van der Waals surface area contributed by atoms with E-state index in [0.717, 1.165) is 12.0 Å². The SMILES string of the molecule is Cc1cc(OC2CCN(C(=O)Cc3ccc4c(c3)OCO4)C2)cc(=O)o1. The Morgan fingerprint density at radius 1 is 1.23 bits per heavy atom. The second-order valence-electron chi connectivity index (χ2n) is 6.46. The molecule has 0 bridgehead atoms. The van der Waals surface area contributed by atoms with E-state index in [1.165, 1.54) is 6.07 Å². The standard InChI is InChI=1S/C19H19NO6/c1-12-6-15(9-19(22)25-12)26-14-4-5-20(10-14)18(21)8-13-2-3-16-17(7-13)24-11-23-16/h2-3,6-7,9,14H,4-5,8,10-11H2,1H3. The Labute approximate surface area is 150 Å². The number of hydrogen-bond donors (Lipinski definition) is 0. The molecule has 2 aromatic rings. The molecule has 2 aliphatic rings. The summed E-state index contributed by atoms with van der Waals surface area (Å²) in [5, 5.41) is 0. The molecule has 7 heteroatoms. The fourth-order valence-electron chi connectivity index (χ4n) is 3.22. The molecule has 1 unspecified atom stereocenters. The summed E-state index contributed by atoms with van der Waals surface area (Å²) < 4.78 is 21.4. The second-order valence-corrected chi connectivity index (χ2v) is 6.46. The van der Waals surface area contributed by atoms with Gasteiger partial charge in [0.25, 0.3) is 0 Å². The van der Waals surface area contributed by atoms with Crippen LogP contribution < -0.4 is 19.8 Å². The van der Waals surface area contributed by atoms with Crippen molar-refractivity contribution < 1.29 is 23.4 Å². The lowest BCUT2D eigenvalue weighted by atomic mass is 10.1. The van der Waals surface area contributed by atoms with Crippen molar-refractivity contribution in [1.29, 1.82) is 0 Å². The van der Waals surface area contributed by atoms with Gasteiger partial charge in [0, 0.05) is 19.0 Å². The van der Waals surface area contributed by atoms with Crippen LogP contribution in [0.5, 0.6) is 17.2 Å². The van der Waals surface area contributed by atoms with E-state index in [9.17, 15) is 9.59 Å². The zero-order chi connectivity index (χ0) is 18.1. The largest absolute Gasteiger partial charge is 0.488 e. The molecule has 1 atom stereocenters. The highest BCUT2D eigenvalue weighted by Gasteiger charge is 2.28. The first-order chi connectivity index (χ1) is 12.6. The first kappa shape index (κ1) is 16.5. The smallest absolute Gasteiger partial charge is 0.339 e. The molecule has 136 valence electrons. The van der Waals surface area contributed by atoms with Gasteiger partial charge in [-0.2, -0.15) is 0 Å². The van der Waals surface area contributed by atoms with Gasteiger partial charge < -0.3 is 23.5 Å². The molecule has 1 amide bonds. The molecule has 0 N–H and O–H groups in total. The molecule has 26 heavy (non-hydrogen) atoms. The van der Waals surface area contributed by atoms with Gasteiger partial charge in [-0.25, -0.2) is 4.79 Å². The van der Waals surface area contributed by atoms with Crippen molar-refractivity contribution in [3.8, 4) is 17.2 Å². The number of amides is 1. The fraction of sp³-hybridized carbons (Fsp3) is 0.368. The van der Waals surface area contributed by atoms with Crippen molar-refractivity contribution in [1.82, 2.24) is 4.90 Å². The van der Waals surface area contributed by atoms with E-state index in [0.29, 0.717) is 42.5 Å². The molecule has 0 radical (unpaired) electrons. The van der Waals surface area contributed by atoms with Crippen molar-refractivity contribution in [2.75, 3.05) is 19.9 Å². The van der Waals surface area contributed by atoms with E-state index in [-0.39, 0.29) is 18.8 Å². The number of nitrogens with zero attached hydrogens (tertiary/aromatic N) is 1. The molecule has 1 aromatic carbocycles. The number of fused-ring (bicyclic) bond motifs is 1. The van der Waals surface area contributed by atoms with E-state index < -0.39 is 5.63 Å². The Bertz CT molecular complexity index is 890.